The van der Waals surface area contributed by atoms with E-state index in [2.05, 4.69) is 13.8 Å². The number of aliphatic hydroxyl groups excluding tert-OH is 1. The highest BCUT2D eigenvalue weighted by Gasteiger charge is 2.24. The summed E-state index contributed by atoms with van der Waals surface area (Å²) in [6.45, 7) is 4.37. The van der Waals surface area contributed by atoms with Crippen LogP contribution in [0.4, 0.5) is 0 Å². The molecule has 23 heavy (non-hydrogen) atoms. The van der Waals surface area contributed by atoms with Crippen molar-refractivity contribution in [1.29, 1.82) is 0 Å². The molecule has 0 bridgehead atoms. The zero-order valence-corrected chi connectivity index (χ0v) is 14.9. The van der Waals surface area contributed by atoms with Crippen LogP contribution in [0.5, 0.6) is 0 Å². The van der Waals surface area contributed by atoms with Crippen molar-refractivity contribution >= 4 is 0 Å². The smallest absolute Gasteiger partial charge is 0.0971 e. The summed E-state index contributed by atoms with van der Waals surface area (Å²) in [4.78, 5) is 0. The summed E-state index contributed by atoms with van der Waals surface area (Å²) < 4.78 is 0. The molecule has 130 valence electrons. The largest absolute Gasteiger partial charge is 0.390 e. The molecule has 2 nitrogen and oxygen atoms in total. The summed E-state index contributed by atoms with van der Waals surface area (Å²) in [6.07, 6.45) is 12.4. The number of unbranched alkanes of at least 4 members (excludes halogenated alkanes) is 4. The summed E-state index contributed by atoms with van der Waals surface area (Å²) >= 11 is 0. The Morgan fingerprint density at radius 2 is 1.52 bits per heavy atom. The van der Waals surface area contributed by atoms with Gasteiger partial charge in [0.25, 0.3) is 0 Å². The van der Waals surface area contributed by atoms with Crippen LogP contribution in [0, 0.1) is 0 Å². The van der Waals surface area contributed by atoms with Crippen LogP contribution in [-0.2, 0) is 0 Å². The van der Waals surface area contributed by atoms with E-state index in [1.165, 1.54) is 25.7 Å². The van der Waals surface area contributed by atoms with Gasteiger partial charge in [0.05, 0.1) is 11.7 Å². The molecule has 1 aromatic rings. The second kappa shape index (κ2) is 11.4. The molecule has 0 aromatic heterocycles. The summed E-state index contributed by atoms with van der Waals surface area (Å²) in [5.41, 5.74) is 0.279. The van der Waals surface area contributed by atoms with Gasteiger partial charge in [0.1, 0.15) is 0 Å². The number of rotatable bonds is 12. The molecule has 2 heteroatoms. The maximum atomic E-state index is 10.9. The highest BCUT2D eigenvalue weighted by Crippen LogP contribution is 2.27. The van der Waals surface area contributed by atoms with E-state index in [1.54, 1.807) is 6.08 Å². The van der Waals surface area contributed by atoms with E-state index < -0.39 is 11.7 Å². The predicted molar refractivity (Wildman–Crippen MR) is 98.4 cm³/mol. The average Bonchev–Trinajstić information content (AvgIpc) is 2.56. The van der Waals surface area contributed by atoms with Crippen molar-refractivity contribution in [2.24, 2.45) is 0 Å². The third-order valence-corrected chi connectivity index (χ3v) is 4.45. The van der Waals surface area contributed by atoms with Gasteiger partial charge in [0, 0.05) is 0 Å². The maximum absolute atomic E-state index is 10.9. The summed E-state index contributed by atoms with van der Waals surface area (Å²) in [5.74, 6) is 0. The molecule has 0 fully saturated rings. The first kappa shape index (κ1) is 19.9. The lowest BCUT2D eigenvalue weighted by atomic mass is 9.87. The molecule has 1 atom stereocenters. The Hall–Kier alpha value is -1.12. The van der Waals surface area contributed by atoms with Crippen LogP contribution in [0.3, 0.4) is 0 Å². The van der Waals surface area contributed by atoms with Crippen LogP contribution < -0.4 is 0 Å². The monoisotopic (exact) mass is 318 g/mol. The van der Waals surface area contributed by atoms with E-state index in [4.69, 9.17) is 0 Å². The van der Waals surface area contributed by atoms with Crippen molar-refractivity contribution < 1.29 is 10.2 Å². The van der Waals surface area contributed by atoms with E-state index in [1.807, 2.05) is 36.4 Å². The van der Waals surface area contributed by atoms with Crippen molar-refractivity contribution in [2.75, 3.05) is 0 Å². The van der Waals surface area contributed by atoms with Crippen LogP contribution >= 0.6 is 0 Å². The van der Waals surface area contributed by atoms with Crippen LogP contribution in [0.15, 0.2) is 42.5 Å². The second-order valence-corrected chi connectivity index (χ2v) is 6.63. The molecule has 0 aliphatic carbocycles. The first-order valence-electron chi connectivity index (χ1n) is 9.23. The Morgan fingerprint density at radius 3 is 2.04 bits per heavy atom. The molecule has 0 spiro atoms. The average molecular weight is 319 g/mol. The Bertz CT molecular complexity index is 415. The molecule has 0 saturated heterocycles. The Labute approximate surface area is 142 Å². The van der Waals surface area contributed by atoms with E-state index in [0.29, 0.717) is 6.42 Å². The molecule has 1 aromatic carbocycles. The fraction of sp³-hybridized carbons (Fsp3) is 0.619. The molecular formula is C21H34O2. The molecule has 0 radical (unpaired) electrons. The molecule has 1 rings (SSSR count). The van der Waals surface area contributed by atoms with Gasteiger partial charge in [-0.15, -0.1) is 0 Å². The van der Waals surface area contributed by atoms with E-state index in [0.717, 1.165) is 31.2 Å². The van der Waals surface area contributed by atoms with Gasteiger partial charge < -0.3 is 10.2 Å². The highest BCUT2D eigenvalue weighted by atomic mass is 16.3. The molecule has 1 unspecified atom stereocenters. The lowest BCUT2D eigenvalue weighted by molar-refractivity contribution is 0.0205. The Kier molecular flexibility index (Phi) is 9.89. The standard InChI is InChI=1S/C21H34O2/c1-3-5-10-16-21(23,17-11-6-4-2)18-12-15-20(22)19-13-8-7-9-14-19/h7-9,12-15,20,22-23H,3-6,10-11,16-18H2,1-2H3/b15-12+. The van der Waals surface area contributed by atoms with Crippen LogP contribution in [0.25, 0.3) is 0 Å². The van der Waals surface area contributed by atoms with Gasteiger partial charge in [-0.1, -0.05) is 94.9 Å². The van der Waals surface area contributed by atoms with Gasteiger partial charge in [0.2, 0.25) is 0 Å². The van der Waals surface area contributed by atoms with Crippen molar-refractivity contribution in [3.63, 3.8) is 0 Å². The zero-order valence-electron chi connectivity index (χ0n) is 14.9. The van der Waals surface area contributed by atoms with Gasteiger partial charge in [-0.2, -0.15) is 0 Å². The van der Waals surface area contributed by atoms with Crippen LogP contribution in [0.1, 0.15) is 83.3 Å². The molecule has 2 N–H and O–H groups in total. The minimum absolute atomic E-state index is 0.591. The van der Waals surface area contributed by atoms with E-state index in [9.17, 15) is 10.2 Å². The summed E-state index contributed by atoms with van der Waals surface area (Å²) in [6, 6.07) is 9.64. The van der Waals surface area contributed by atoms with Crippen molar-refractivity contribution in [3.8, 4) is 0 Å². The first-order valence-corrected chi connectivity index (χ1v) is 9.23. The lowest BCUT2D eigenvalue weighted by Crippen LogP contribution is -2.28. The fourth-order valence-corrected chi connectivity index (χ4v) is 2.91. The third kappa shape index (κ3) is 8.34. The topological polar surface area (TPSA) is 40.5 Å². The van der Waals surface area contributed by atoms with Gasteiger partial charge in [-0.3, -0.25) is 0 Å². The quantitative estimate of drug-likeness (QED) is 0.391. The van der Waals surface area contributed by atoms with Crippen molar-refractivity contribution in [3.05, 3.63) is 48.0 Å². The highest BCUT2D eigenvalue weighted by molar-refractivity contribution is 5.21. The fourth-order valence-electron chi connectivity index (χ4n) is 2.91. The second-order valence-electron chi connectivity index (χ2n) is 6.63. The van der Waals surface area contributed by atoms with Crippen LogP contribution in [-0.4, -0.2) is 15.8 Å². The molecule has 0 aliphatic heterocycles. The predicted octanol–water partition coefficient (Wildman–Crippen LogP) is 5.56. The summed E-state index contributed by atoms with van der Waals surface area (Å²) in [5, 5.41) is 21.1. The van der Waals surface area contributed by atoms with Crippen molar-refractivity contribution in [2.45, 2.75) is 83.3 Å². The molecular weight excluding hydrogens is 284 g/mol. The molecule has 0 heterocycles. The number of aliphatic hydroxyl groups is 2. The van der Waals surface area contributed by atoms with Gasteiger partial charge >= 0.3 is 0 Å². The van der Waals surface area contributed by atoms with Crippen molar-refractivity contribution in [1.82, 2.24) is 0 Å². The Morgan fingerprint density at radius 1 is 0.957 bits per heavy atom. The number of hydrogen-bond donors (Lipinski definition) is 2. The molecule has 0 amide bonds. The minimum atomic E-state index is -0.614. The van der Waals surface area contributed by atoms with Gasteiger partial charge in [0.15, 0.2) is 0 Å². The minimum Gasteiger partial charge on any atom is -0.390 e. The van der Waals surface area contributed by atoms with E-state index in [-0.39, 0.29) is 0 Å². The third-order valence-electron chi connectivity index (χ3n) is 4.45. The molecule has 0 saturated carbocycles. The number of benzene rings is 1. The van der Waals surface area contributed by atoms with E-state index >= 15 is 0 Å². The zero-order chi connectivity index (χ0) is 17.0. The normalized spacial score (nSPS) is 13.6. The first-order chi connectivity index (χ1) is 11.1. The number of hydrogen-bond acceptors (Lipinski definition) is 2. The Balaban J connectivity index is 2.55. The van der Waals surface area contributed by atoms with Gasteiger partial charge in [-0.05, 0) is 24.8 Å². The SMILES string of the molecule is CCCCCC(O)(C/C=C/C(O)c1ccccc1)CCCCC. The van der Waals surface area contributed by atoms with Gasteiger partial charge in [-0.25, -0.2) is 0 Å². The summed E-state index contributed by atoms with van der Waals surface area (Å²) in [7, 11) is 0. The molecule has 0 aliphatic rings. The van der Waals surface area contributed by atoms with Crippen LogP contribution in [0.2, 0.25) is 0 Å². The lowest BCUT2D eigenvalue weighted by Gasteiger charge is -2.27. The maximum Gasteiger partial charge on any atom is 0.0971 e.